The highest BCUT2D eigenvalue weighted by Crippen LogP contribution is 2.32. The van der Waals surface area contributed by atoms with Crippen LogP contribution in [0.2, 0.25) is 0 Å². The summed E-state index contributed by atoms with van der Waals surface area (Å²) >= 11 is 0. The van der Waals surface area contributed by atoms with Crippen LogP contribution < -0.4 is 15.5 Å². The molecule has 3 aromatic carbocycles. The molecule has 3 heterocycles. The highest BCUT2D eigenvalue weighted by molar-refractivity contribution is 6.01. The summed E-state index contributed by atoms with van der Waals surface area (Å²) in [7, 11) is 2.07. The second-order valence-corrected chi connectivity index (χ2v) is 13.1. The number of nitrogens with zero attached hydrogens (tertiary/aromatic N) is 2. The van der Waals surface area contributed by atoms with Gasteiger partial charge in [0.1, 0.15) is 6.04 Å². The summed E-state index contributed by atoms with van der Waals surface area (Å²) in [5.41, 5.74) is 6.09. The van der Waals surface area contributed by atoms with Gasteiger partial charge >= 0.3 is 0 Å². The van der Waals surface area contributed by atoms with Crippen LogP contribution in [0.1, 0.15) is 52.7 Å². The number of para-hydroxylation sites is 1. The molecule has 2 aliphatic heterocycles. The van der Waals surface area contributed by atoms with Gasteiger partial charge in [-0.05, 0) is 73.9 Å². The van der Waals surface area contributed by atoms with Gasteiger partial charge in [-0.25, -0.2) is 0 Å². The van der Waals surface area contributed by atoms with Crippen molar-refractivity contribution in [1.29, 1.82) is 0 Å². The lowest BCUT2D eigenvalue weighted by Crippen LogP contribution is -2.82. The number of H-pyrrole nitrogens is 1. The summed E-state index contributed by atoms with van der Waals surface area (Å²) in [6, 6.07) is 23.1. The van der Waals surface area contributed by atoms with Crippen LogP contribution in [0.15, 0.2) is 79.0 Å². The lowest BCUT2D eigenvalue weighted by atomic mass is 9.90. The van der Waals surface area contributed by atoms with Crippen LogP contribution in [0.5, 0.6) is 0 Å². The monoisotopic (exact) mass is 620 g/mol. The molecule has 8 heteroatoms. The Bertz CT molecular complexity index is 1670. The molecule has 4 N–H and O–H groups in total. The van der Waals surface area contributed by atoms with Crippen molar-refractivity contribution < 1.29 is 19.7 Å². The topological polar surface area (TPSA) is 102 Å². The first kappa shape index (κ1) is 31.5. The highest BCUT2D eigenvalue weighted by atomic mass is 16.2. The Morgan fingerprint density at radius 1 is 0.978 bits per heavy atom. The number of nitrogens with one attached hydrogen (secondary N) is 2. The van der Waals surface area contributed by atoms with Crippen molar-refractivity contribution in [2.75, 3.05) is 38.1 Å². The SMILES string of the molecule is C[NH2+]CC1Cc2cc(C)ccc2N(C(=O)[C@@H](Cc2c[nH]c3ccccc23)NC(=O)CCC2CCN(C(=O)c3ccccc3)CC2)C1. The number of amides is 3. The third-order valence-electron chi connectivity index (χ3n) is 9.74. The molecule has 0 spiro atoms. The van der Waals surface area contributed by atoms with Crippen LogP contribution in [-0.2, 0) is 22.4 Å². The van der Waals surface area contributed by atoms with Gasteiger partial charge in [0.25, 0.3) is 5.91 Å². The van der Waals surface area contributed by atoms with Crippen molar-refractivity contribution >= 4 is 34.3 Å². The molecule has 1 aromatic heterocycles. The summed E-state index contributed by atoms with van der Waals surface area (Å²) in [5.74, 6) is 0.630. The fourth-order valence-corrected chi connectivity index (χ4v) is 7.27. The predicted octanol–water partition coefficient (Wildman–Crippen LogP) is 4.23. The second kappa shape index (κ2) is 14.3. The van der Waals surface area contributed by atoms with Crippen molar-refractivity contribution in [3.8, 4) is 0 Å². The quantitative estimate of drug-likeness (QED) is 0.247. The van der Waals surface area contributed by atoms with Gasteiger partial charge in [-0.2, -0.15) is 0 Å². The van der Waals surface area contributed by atoms with E-state index < -0.39 is 6.04 Å². The summed E-state index contributed by atoms with van der Waals surface area (Å²) in [6.07, 6.45) is 6.18. The van der Waals surface area contributed by atoms with E-state index in [4.69, 9.17) is 0 Å². The van der Waals surface area contributed by atoms with Crippen molar-refractivity contribution in [3.63, 3.8) is 0 Å². The Hall–Kier alpha value is -4.43. The molecule has 1 fully saturated rings. The maximum atomic E-state index is 14.5. The van der Waals surface area contributed by atoms with Crippen LogP contribution in [0, 0.1) is 18.8 Å². The van der Waals surface area contributed by atoms with Crippen molar-refractivity contribution in [3.05, 3.63) is 101 Å². The lowest BCUT2D eigenvalue weighted by molar-refractivity contribution is -0.632. The van der Waals surface area contributed by atoms with Gasteiger partial charge in [0.05, 0.1) is 13.6 Å². The zero-order valence-corrected chi connectivity index (χ0v) is 27.0. The molecular formula is C38H46N5O3+. The molecule has 1 saturated heterocycles. The summed E-state index contributed by atoms with van der Waals surface area (Å²) < 4.78 is 0. The molecule has 0 saturated carbocycles. The number of hydrogen-bond acceptors (Lipinski definition) is 3. The Labute approximate surface area is 271 Å². The average Bonchev–Trinajstić information content (AvgIpc) is 3.49. The predicted molar refractivity (Wildman–Crippen MR) is 182 cm³/mol. The molecule has 6 rings (SSSR count). The van der Waals surface area contributed by atoms with E-state index in [0.717, 1.165) is 59.9 Å². The number of aryl methyl sites for hydroxylation is 1. The largest absolute Gasteiger partial charge is 0.361 e. The van der Waals surface area contributed by atoms with Crippen LogP contribution in [0.4, 0.5) is 5.69 Å². The molecule has 2 aliphatic rings. The molecule has 46 heavy (non-hydrogen) atoms. The number of quaternary nitrogens is 1. The zero-order valence-electron chi connectivity index (χ0n) is 27.0. The van der Waals surface area contributed by atoms with Crippen molar-refractivity contribution in [2.24, 2.45) is 11.8 Å². The summed E-state index contributed by atoms with van der Waals surface area (Å²) in [5, 5.41) is 6.43. The Kier molecular flexibility index (Phi) is 9.83. The third-order valence-corrected chi connectivity index (χ3v) is 9.74. The molecule has 3 amide bonds. The molecule has 1 unspecified atom stereocenters. The molecule has 4 aromatic rings. The van der Waals surface area contributed by atoms with E-state index in [1.165, 1.54) is 11.1 Å². The standard InChI is InChI=1S/C38H45N5O3/c1-26-12-14-35-30(20-26)21-28(23-39-2)25-43(35)38(46)34(22-31-24-40-33-11-7-6-10-32(31)33)41-36(44)15-13-27-16-18-42(19-17-27)37(45)29-8-4-3-5-9-29/h3-12,14,20,24,27-28,34,39-40H,13,15-19,21-23,25H2,1-2H3,(H,41,44)/p+1/t28?,34-/m1/s1. The zero-order chi connectivity index (χ0) is 32.0. The Balaban J connectivity index is 1.14. The first-order chi connectivity index (χ1) is 22.4. The molecule has 0 aliphatic carbocycles. The second-order valence-electron chi connectivity index (χ2n) is 13.1. The molecular weight excluding hydrogens is 574 g/mol. The number of hydrogen-bond donors (Lipinski definition) is 3. The first-order valence-corrected chi connectivity index (χ1v) is 16.8. The minimum atomic E-state index is -0.685. The summed E-state index contributed by atoms with van der Waals surface area (Å²) in [6.45, 7) is 5.07. The highest BCUT2D eigenvalue weighted by Gasteiger charge is 2.34. The molecule has 240 valence electrons. The van der Waals surface area contributed by atoms with Gasteiger partial charge in [-0.15, -0.1) is 0 Å². The number of nitrogens with two attached hydrogens (primary N) is 1. The number of anilines is 1. The third kappa shape index (κ3) is 7.18. The number of aromatic nitrogens is 1. The molecule has 0 bridgehead atoms. The smallest absolute Gasteiger partial charge is 0.253 e. The number of fused-ring (bicyclic) bond motifs is 2. The Morgan fingerprint density at radius 2 is 1.74 bits per heavy atom. The number of rotatable bonds is 10. The average molecular weight is 621 g/mol. The minimum Gasteiger partial charge on any atom is -0.361 e. The van der Waals surface area contributed by atoms with Crippen LogP contribution >= 0.6 is 0 Å². The van der Waals surface area contributed by atoms with Gasteiger partial charge in [0, 0.05) is 66.7 Å². The van der Waals surface area contributed by atoms with Crippen molar-refractivity contribution in [1.82, 2.24) is 15.2 Å². The number of aromatic amines is 1. The minimum absolute atomic E-state index is 0.0581. The van der Waals surface area contributed by atoms with E-state index >= 15 is 0 Å². The fourth-order valence-electron chi connectivity index (χ4n) is 7.27. The van der Waals surface area contributed by atoms with E-state index in [9.17, 15) is 14.4 Å². The van der Waals surface area contributed by atoms with Crippen LogP contribution in [-0.4, -0.2) is 66.9 Å². The number of likely N-dealkylation sites (tertiary alicyclic amines) is 1. The summed E-state index contributed by atoms with van der Waals surface area (Å²) in [4.78, 5) is 48.0. The van der Waals surface area contributed by atoms with Gasteiger partial charge in [-0.3, -0.25) is 14.4 Å². The van der Waals surface area contributed by atoms with Gasteiger partial charge in [0.2, 0.25) is 11.8 Å². The van der Waals surface area contributed by atoms with E-state index in [2.05, 4.69) is 53.9 Å². The van der Waals surface area contributed by atoms with E-state index in [0.29, 0.717) is 44.3 Å². The molecule has 8 nitrogen and oxygen atoms in total. The number of benzene rings is 3. The van der Waals surface area contributed by atoms with E-state index in [1.54, 1.807) is 0 Å². The maximum absolute atomic E-state index is 14.5. The van der Waals surface area contributed by atoms with Gasteiger partial charge < -0.3 is 25.4 Å². The molecule has 2 atom stereocenters. The van der Waals surface area contributed by atoms with E-state index in [1.807, 2.05) is 64.5 Å². The van der Waals surface area contributed by atoms with Crippen LogP contribution in [0.25, 0.3) is 10.9 Å². The Morgan fingerprint density at radius 3 is 2.52 bits per heavy atom. The first-order valence-electron chi connectivity index (χ1n) is 16.8. The maximum Gasteiger partial charge on any atom is 0.253 e. The van der Waals surface area contributed by atoms with Crippen molar-refractivity contribution in [2.45, 2.75) is 51.5 Å². The molecule has 0 radical (unpaired) electrons. The fraction of sp³-hybridized carbons (Fsp3) is 0.395. The van der Waals surface area contributed by atoms with E-state index in [-0.39, 0.29) is 17.7 Å². The van der Waals surface area contributed by atoms with Gasteiger partial charge in [0.15, 0.2) is 0 Å². The van der Waals surface area contributed by atoms with Crippen LogP contribution in [0.3, 0.4) is 0 Å². The van der Waals surface area contributed by atoms with Gasteiger partial charge in [-0.1, -0.05) is 54.1 Å². The number of piperidine rings is 1. The normalized spacial score (nSPS) is 17.5. The number of carbonyl (C=O) groups excluding carboxylic acids is 3. The lowest BCUT2D eigenvalue weighted by Gasteiger charge is -2.36. The number of carbonyl (C=O) groups is 3.